The number of benzene rings is 2. The molecule has 0 radical (unpaired) electrons. The van der Waals surface area contributed by atoms with E-state index in [1.165, 1.54) is 0 Å². The molecular weight excluding hydrogens is 282 g/mol. The average Bonchev–Trinajstić information content (AvgIpc) is 2.87. The Kier molecular flexibility index (Phi) is 3.64. The van der Waals surface area contributed by atoms with E-state index in [-0.39, 0.29) is 0 Å². The molecule has 0 unspecified atom stereocenters. The lowest BCUT2D eigenvalue weighted by molar-refractivity contribution is 0.910. The van der Waals surface area contributed by atoms with Crippen molar-refractivity contribution in [2.24, 2.45) is 0 Å². The molecule has 0 aliphatic rings. The van der Waals surface area contributed by atoms with Crippen LogP contribution >= 0.6 is 11.6 Å². The molecule has 4 heteroatoms. The minimum absolute atomic E-state index is 0.514. The van der Waals surface area contributed by atoms with Crippen LogP contribution in [0.1, 0.15) is 17.0 Å². The number of halogens is 1. The fraction of sp³-hybridized carbons (Fsp3) is 0.176. The number of nitrogens with zero attached hydrogens (tertiary/aromatic N) is 3. The van der Waals surface area contributed by atoms with Crippen LogP contribution < -0.4 is 0 Å². The summed E-state index contributed by atoms with van der Waals surface area (Å²) in [4.78, 5) is 4.69. The maximum absolute atomic E-state index is 9.10. The van der Waals surface area contributed by atoms with Crippen LogP contribution in [0.2, 0.25) is 0 Å². The molecule has 0 fully saturated rings. The molecule has 21 heavy (non-hydrogen) atoms. The summed E-state index contributed by atoms with van der Waals surface area (Å²) in [6, 6.07) is 15.8. The van der Waals surface area contributed by atoms with Crippen molar-refractivity contribution in [2.45, 2.75) is 13.3 Å². The summed E-state index contributed by atoms with van der Waals surface area (Å²) in [5.41, 5.74) is 4.78. The Morgan fingerprint density at radius 2 is 2.05 bits per heavy atom. The molecule has 0 aliphatic carbocycles. The van der Waals surface area contributed by atoms with Crippen LogP contribution in [0.4, 0.5) is 0 Å². The second kappa shape index (κ2) is 5.59. The zero-order valence-corrected chi connectivity index (χ0v) is 12.4. The van der Waals surface area contributed by atoms with Crippen molar-refractivity contribution < 1.29 is 0 Å². The minimum Gasteiger partial charge on any atom is -0.296 e. The summed E-state index contributed by atoms with van der Waals surface area (Å²) in [7, 11) is 0. The van der Waals surface area contributed by atoms with Crippen molar-refractivity contribution in [3.8, 4) is 11.8 Å². The molecule has 1 aromatic heterocycles. The van der Waals surface area contributed by atoms with Gasteiger partial charge in [0.05, 0.1) is 22.7 Å². The first-order chi connectivity index (χ1) is 10.2. The topological polar surface area (TPSA) is 41.6 Å². The normalized spacial score (nSPS) is 10.7. The number of aryl methyl sites for hydroxylation is 2. The standard InChI is InChI=1S/C17H14ClN3/c1-12-4-2-7-15-17(12)21(16(20-15)8-9-18)14-6-3-5-13(10-14)11-19/h2-7,10H,8-9H2,1H3. The number of alkyl halides is 1. The predicted octanol–water partition coefficient (Wildman–Crippen LogP) is 3.99. The van der Waals surface area contributed by atoms with Gasteiger partial charge in [-0.25, -0.2) is 4.98 Å². The highest BCUT2D eigenvalue weighted by molar-refractivity contribution is 6.17. The molecule has 3 aromatic rings. The van der Waals surface area contributed by atoms with Gasteiger partial charge >= 0.3 is 0 Å². The van der Waals surface area contributed by atoms with Crippen LogP contribution in [0.25, 0.3) is 16.7 Å². The van der Waals surface area contributed by atoms with E-state index in [9.17, 15) is 0 Å². The van der Waals surface area contributed by atoms with Crippen LogP contribution in [-0.4, -0.2) is 15.4 Å². The quantitative estimate of drug-likeness (QED) is 0.686. The summed E-state index contributed by atoms with van der Waals surface area (Å²) in [6.07, 6.45) is 0.687. The summed E-state index contributed by atoms with van der Waals surface area (Å²) in [5.74, 6) is 1.43. The van der Waals surface area contributed by atoms with Crippen LogP contribution in [0.3, 0.4) is 0 Å². The van der Waals surface area contributed by atoms with Crippen molar-refractivity contribution in [1.82, 2.24) is 9.55 Å². The van der Waals surface area contributed by atoms with Gasteiger partial charge in [0.2, 0.25) is 0 Å². The number of fused-ring (bicyclic) bond motifs is 1. The van der Waals surface area contributed by atoms with Gasteiger partial charge in [0.15, 0.2) is 0 Å². The van der Waals surface area contributed by atoms with E-state index in [4.69, 9.17) is 21.8 Å². The summed E-state index contributed by atoms with van der Waals surface area (Å²) >= 11 is 5.92. The molecule has 0 spiro atoms. The highest BCUT2D eigenvalue weighted by Gasteiger charge is 2.14. The Balaban J connectivity index is 2.33. The Labute approximate surface area is 128 Å². The third-order valence-electron chi connectivity index (χ3n) is 3.50. The summed E-state index contributed by atoms with van der Waals surface area (Å²) in [5, 5.41) is 9.10. The first-order valence-electron chi connectivity index (χ1n) is 6.78. The van der Waals surface area contributed by atoms with Crippen molar-refractivity contribution in [1.29, 1.82) is 5.26 Å². The van der Waals surface area contributed by atoms with Gasteiger partial charge in [-0.05, 0) is 36.8 Å². The van der Waals surface area contributed by atoms with Gasteiger partial charge in [-0.15, -0.1) is 11.6 Å². The largest absolute Gasteiger partial charge is 0.296 e. The van der Waals surface area contributed by atoms with Gasteiger partial charge in [-0.3, -0.25) is 4.57 Å². The first kappa shape index (κ1) is 13.7. The molecule has 3 rings (SSSR count). The fourth-order valence-electron chi connectivity index (χ4n) is 2.59. The Morgan fingerprint density at radius 1 is 1.24 bits per heavy atom. The summed E-state index contributed by atoms with van der Waals surface area (Å²) in [6.45, 7) is 2.07. The van der Waals surface area contributed by atoms with Gasteiger partial charge in [-0.1, -0.05) is 18.2 Å². The van der Waals surface area contributed by atoms with Crippen LogP contribution in [0, 0.1) is 18.3 Å². The first-order valence-corrected chi connectivity index (χ1v) is 7.31. The maximum atomic E-state index is 9.10. The third kappa shape index (κ3) is 2.39. The van der Waals surface area contributed by atoms with E-state index in [1.807, 2.05) is 30.3 Å². The van der Waals surface area contributed by atoms with E-state index >= 15 is 0 Å². The number of hydrogen-bond donors (Lipinski definition) is 0. The Hall–Kier alpha value is -2.31. The monoisotopic (exact) mass is 295 g/mol. The molecule has 1 heterocycles. The van der Waals surface area contributed by atoms with E-state index in [0.717, 1.165) is 28.1 Å². The highest BCUT2D eigenvalue weighted by Crippen LogP contribution is 2.25. The molecule has 104 valence electrons. The molecule has 0 N–H and O–H groups in total. The van der Waals surface area contributed by atoms with E-state index in [1.54, 1.807) is 6.07 Å². The molecule has 0 amide bonds. The number of rotatable bonds is 3. The minimum atomic E-state index is 0.514. The molecule has 3 nitrogen and oxygen atoms in total. The van der Waals surface area contributed by atoms with Crippen molar-refractivity contribution in [2.75, 3.05) is 5.88 Å². The van der Waals surface area contributed by atoms with Gasteiger partial charge in [0.1, 0.15) is 5.82 Å². The van der Waals surface area contributed by atoms with Gasteiger partial charge in [0.25, 0.3) is 0 Å². The van der Waals surface area contributed by atoms with Gasteiger partial charge < -0.3 is 0 Å². The number of para-hydroxylation sites is 1. The number of aromatic nitrogens is 2. The lowest BCUT2D eigenvalue weighted by atomic mass is 10.1. The van der Waals surface area contributed by atoms with Crippen molar-refractivity contribution in [3.05, 3.63) is 59.4 Å². The van der Waals surface area contributed by atoms with Gasteiger partial charge in [0, 0.05) is 18.0 Å². The fourth-order valence-corrected chi connectivity index (χ4v) is 2.76. The SMILES string of the molecule is Cc1cccc2nc(CCCl)n(-c3cccc(C#N)c3)c12. The maximum Gasteiger partial charge on any atom is 0.115 e. The molecule has 0 bridgehead atoms. The Morgan fingerprint density at radius 3 is 2.81 bits per heavy atom. The lowest BCUT2D eigenvalue weighted by Crippen LogP contribution is -2.03. The summed E-state index contributed by atoms with van der Waals surface area (Å²) < 4.78 is 2.11. The highest BCUT2D eigenvalue weighted by atomic mass is 35.5. The molecule has 0 saturated heterocycles. The molecule has 0 saturated carbocycles. The molecule has 2 aromatic carbocycles. The zero-order chi connectivity index (χ0) is 14.8. The predicted molar refractivity (Wildman–Crippen MR) is 84.9 cm³/mol. The van der Waals surface area contributed by atoms with Crippen molar-refractivity contribution in [3.63, 3.8) is 0 Å². The number of nitriles is 1. The van der Waals surface area contributed by atoms with Crippen LogP contribution in [0.5, 0.6) is 0 Å². The van der Waals surface area contributed by atoms with E-state index in [0.29, 0.717) is 17.9 Å². The molecule has 0 aliphatic heterocycles. The second-order valence-electron chi connectivity index (χ2n) is 4.91. The molecule has 0 atom stereocenters. The number of imidazole rings is 1. The van der Waals surface area contributed by atoms with E-state index in [2.05, 4.69) is 23.6 Å². The Bertz CT molecular complexity index is 843. The third-order valence-corrected chi connectivity index (χ3v) is 3.69. The smallest absolute Gasteiger partial charge is 0.115 e. The second-order valence-corrected chi connectivity index (χ2v) is 5.29. The average molecular weight is 296 g/mol. The van der Waals surface area contributed by atoms with Crippen molar-refractivity contribution >= 4 is 22.6 Å². The van der Waals surface area contributed by atoms with Crippen LogP contribution in [-0.2, 0) is 6.42 Å². The molecular formula is C17H14ClN3. The number of hydrogen-bond acceptors (Lipinski definition) is 2. The lowest BCUT2D eigenvalue weighted by Gasteiger charge is -2.10. The zero-order valence-electron chi connectivity index (χ0n) is 11.7. The van der Waals surface area contributed by atoms with Gasteiger partial charge in [-0.2, -0.15) is 5.26 Å². The van der Waals surface area contributed by atoms with E-state index < -0.39 is 0 Å². The van der Waals surface area contributed by atoms with Crippen LogP contribution in [0.15, 0.2) is 42.5 Å².